The molecule has 3 aromatic carbocycles. The van der Waals surface area contributed by atoms with Crippen molar-refractivity contribution in [1.29, 1.82) is 0 Å². The number of carbonyl (C=O) groups excluding carboxylic acids is 1. The number of benzene rings is 3. The molecule has 152 valence electrons. The molecular formula is C23H26N2O2S2. The quantitative estimate of drug-likeness (QED) is 0.342. The molecule has 1 amide bonds. The summed E-state index contributed by atoms with van der Waals surface area (Å²) >= 11 is 3.57. The van der Waals surface area contributed by atoms with Gasteiger partial charge in [-0.3, -0.25) is 9.52 Å². The third-order valence-corrected chi connectivity index (χ3v) is 6.22. The zero-order valence-corrected chi connectivity index (χ0v) is 18.2. The Morgan fingerprint density at radius 2 is 1.72 bits per heavy atom. The van der Waals surface area contributed by atoms with E-state index in [4.69, 9.17) is 4.74 Å². The topological polar surface area (TPSA) is 50.4 Å². The fraction of sp³-hybridized carbons (Fsp3) is 0.261. The van der Waals surface area contributed by atoms with E-state index >= 15 is 0 Å². The average molecular weight is 427 g/mol. The highest BCUT2D eigenvalue weighted by atomic mass is 32.2. The summed E-state index contributed by atoms with van der Waals surface area (Å²) in [6, 6.07) is 22.3. The van der Waals surface area contributed by atoms with Crippen molar-refractivity contribution in [1.82, 2.24) is 10.0 Å². The van der Waals surface area contributed by atoms with Gasteiger partial charge in [-0.2, -0.15) is 11.8 Å². The number of fused-ring (bicyclic) bond motifs is 1. The fourth-order valence-electron chi connectivity index (χ4n) is 2.84. The van der Waals surface area contributed by atoms with Crippen molar-refractivity contribution < 1.29 is 9.53 Å². The molecule has 0 aromatic heterocycles. The Hall–Kier alpha value is -2.15. The Morgan fingerprint density at radius 1 is 0.931 bits per heavy atom. The maximum atomic E-state index is 12.0. The Labute approximate surface area is 180 Å². The summed E-state index contributed by atoms with van der Waals surface area (Å²) in [5, 5.41) is 5.52. The predicted molar refractivity (Wildman–Crippen MR) is 126 cm³/mol. The van der Waals surface area contributed by atoms with Gasteiger partial charge in [0.2, 0.25) is 0 Å². The SMILES string of the molecule is COc1ccc(C(=O)NCCSNCCSCc2ccc3ccccc3c2)cc1. The smallest absolute Gasteiger partial charge is 0.251 e. The highest BCUT2D eigenvalue weighted by Crippen LogP contribution is 2.19. The van der Waals surface area contributed by atoms with Crippen LogP contribution in [0.5, 0.6) is 5.75 Å². The number of amides is 1. The van der Waals surface area contributed by atoms with Gasteiger partial charge in [0.25, 0.3) is 5.91 Å². The van der Waals surface area contributed by atoms with Crippen LogP contribution in [0.15, 0.2) is 66.7 Å². The first-order chi connectivity index (χ1) is 14.3. The molecule has 0 unspecified atom stereocenters. The standard InChI is InChI=1S/C23H26N2O2S2/c1-27-22-10-8-20(9-11-22)23(26)24-12-15-29-25-13-14-28-17-18-6-7-19-4-2-3-5-21(19)16-18/h2-11,16,25H,12-15,17H2,1H3,(H,24,26). The van der Waals surface area contributed by atoms with E-state index < -0.39 is 0 Å². The van der Waals surface area contributed by atoms with Crippen LogP contribution in [-0.2, 0) is 5.75 Å². The van der Waals surface area contributed by atoms with Gasteiger partial charge in [-0.25, -0.2) is 0 Å². The highest BCUT2D eigenvalue weighted by molar-refractivity contribution is 7.98. The van der Waals surface area contributed by atoms with Crippen LogP contribution in [-0.4, -0.2) is 37.6 Å². The first-order valence-electron chi connectivity index (χ1n) is 9.58. The lowest BCUT2D eigenvalue weighted by Gasteiger charge is -2.07. The largest absolute Gasteiger partial charge is 0.497 e. The number of methoxy groups -OCH3 is 1. The maximum absolute atomic E-state index is 12.0. The van der Waals surface area contributed by atoms with Gasteiger partial charge in [0.05, 0.1) is 7.11 Å². The molecule has 0 saturated carbocycles. The van der Waals surface area contributed by atoms with Crippen molar-refractivity contribution in [3.8, 4) is 5.75 Å². The number of rotatable bonds is 11. The second-order valence-electron chi connectivity index (χ2n) is 6.46. The molecule has 0 radical (unpaired) electrons. The predicted octanol–water partition coefficient (Wildman–Crippen LogP) is 4.75. The lowest BCUT2D eigenvalue weighted by molar-refractivity contribution is 0.0956. The molecule has 6 heteroatoms. The van der Waals surface area contributed by atoms with Gasteiger partial charge in [0.1, 0.15) is 5.75 Å². The fourth-order valence-corrected chi connectivity index (χ4v) is 4.37. The number of hydrogen-bond donors (Lipinski definition) is 2. The van der Waals surface area contributed by atoms with Crippen molar-refractivity contribution in [2.45, 2.75) is 5.75 Å². The molecular weight excluding hydrogens is 400 g/mol. The Balaban J connectivity index is 1.23. The molecule has 3 aromatic rings. The van der Waals surface area contributed by atoms with E-state index in [1.165, 1.54) is 16.3 Å². The van der Waals surface area contributed by atoms with Gasteiger partial charge < -0.3 is 10.1 Å². The molecule has 0 saturated heterocycles. The number of nitrogens with one attached hydrogen (secondary N) is 2. The van der Waals surface area contributed by atoms with Crippen LogP contribution in [0, 0.1) is 0 Å². The first-order valence-corrected chi connectivity index (χ1v) is 11.7. The normalized spacial score (nSPS) is 10.8. The summed E-state index contributed by atoms with van der Waals surface area (Å²) in [6.45, 7) is 1.57. The zero-order valence-electron chi connectivity index (χ0n) is 16.5. The second-order valence-corrected chi connectivity index (χ2v) is 8.55. The summed E-state index contributed by atoms with van der Waals surface area (Å²) in [4.78, 5) is 12.0. The summed E-state index contributed by atoms with van der Waals surface area (Å²) in [5.41, 5.74) is 2.01. The first kappa shape index (κ1) is 21.6. The van der Waals surface area contributed by atoms with Crippen molar-refractivity contribution in [2.24, 2.45) is 0 Å². The van der Waals surface area contributed by atoms with Crippen LogP contribution in [0.1, 0.15) is 15.9 Å². The Bertz CT molecular complexity index is 916. The second kappa shape index (κ2) is 11.8. The summed E-state index contributed by atoms with van der Waals surface area (Å²) in [7, 11) is 1.61. The van der Waals surface area contributed by atoms with Crippen LogP contribution in [0.25, 0.3) is 10.8 Å². The molecule has 0 spiro atoms. The van der Waals surface area contributed by atoms with Crippen LogP contribution in [0.4, 0.5) is 0 Å². The monoisotopic (exact) mass is 426 g/mol. The zero-order chi connectivity index (χ0) is 20.3. The van der Waals surface area contributed by atoms with Gasteiger partial charge in [-0.1, -0.05) is 54.4 Å². The lowest BCUT2D eigenvalue weighted by atomic mass is 10.1. The van der Waals surface area contributed by atoms with Gasteiger partial charge in [-0.15, -0.1) is 0 Å². The van der Waals surface area contributed by atoms with Crippen LogP contribution in [0.2, 0.25) is 0 Å². The van der Waals surface area contributed by atoms with E-state index in [2.05, 4.69) is 52.5 Å². The lowest BCUT2D eigenvalue weighted by Crippen LogP contribution is -2.26. The minimum atomic E-state index is -0.0563. The average Bonchev–Trinajstić information content (AvgIpc) is 2.77. The van der Waals surface area contributed by atoms with Crippen LogP contribution < -0.4 is 14.8 Å². The van der Waals surface area contributed by atoms with E-state index in [0.717, 1.165) is 29.6 Å². The van der Waals surface area contributed by atoms with Gasteiger partial charge in [0, 0.05) is 35.9 Å². The number of carbonyl (C=O) groups is 1. The van der Waals surface area contributed by atoms with Crippen LogP contribution in [0.3, 0.4) is 0 Å². The van der Waals surface area contributed by atoms with E-state index in [9.17, 15) is 4.79 Å². The summed E-state index contributed by atoms with van der Waals surface area (Å²) in [5.74, 6) is 3.60. The third-order valence-electron chi connectivity index (χ3n) is 4.38. The number of thioether (sulfide) groups is 1. The molecule has 0 aliphatic heterocycles. The molecule has 29 heavy (non-hydrogen) atoms. The summed E-state index contributed by atoms with van der Waals surface area (Å²) in [6.07, 6.45) is 0. The highest BCUT2D eigenvalue weighted by Gasteiger charge is 2.04. The maximum Gasteiger partial charge on any atom is 0.251 e. The minimum absolute atomic E-state index is 0.0563. The molecule has 0 aliphatic carbocycles. The molecule has 0 bridgehead atoms. The van der Waals surface area contributed by atoms with Crippen molar-refractivity contribution in [3.63, 3.8) is 0 Å². The van der Waals surface area contributed by atoms with Gasteiger partial charge in [-0.05, 0) is 40.6 Å². The van der Waals surface area contributed by atoms with Crippen molar-refractivity contribution in [2.75, 3.05) is 31.7 Å². The van der Waals surface area contributed by atoms with E-state index in [0.29, 0.717) is 12.1 Å². The Kier molecular flexibility index (Phi) is 8.74. The minimum Gasteiger partial charge on any atom is -0.497 e. The molecule has 2 N–H and O–H groups in total. The van der Waals surface area contributed by atoms with Gasteiger partial charge in [0.15, 0.2) is 0 Å². The number of ether oxygens (including phenoxy) is 1. The van der Waals surface area contributed by atoms with Crippen molar-refractivity contribution in [3.05, 3.63) is 77.9 Å². The molecule has 0 heterocycles. The van der Waals surface area contributed by atoms with E-state index in [1.807, 2.05) is 11.8 Å². The third kappa shape index (κ3) is 6.99. The Morgan fingerprint density at radius 3 is 2.52 bits per heavy atom. The molecule has 0 fully saturated rings. The van der Waals surface area contributed by atoms with E-state index in [-0.39, 0.29) is 5.91 Å². The number of hydrogen-bond acceptors (Lipinski definition) is 5. The molecule has 0 atom stereocenters. The van der Waals surface area contributed by atoms with E-state index in [1.54, 1.807) is 43.3 Å². The van der Waals surface area contributed by atoms with Crippen molar-refractivity contribution >= 4 is 40.4 Å². The molecule has 0 aliphatic rings. The summed E-state index contributed by atoms with van der Waals surface area (Å²) < 4.78 is 8.46. The van der Waals surface area contributed by atoms with Crippen LogP contribution >= 0.6 is 23.7 Å². The molecule has 3 rings (SSSR count). The molecule has 4 nitrogen and oxygen atoms in total. The van der Waals surface area contributed by atoms with Gasteiger partial charge >= 0.3 is 0 Å².